The zero-order valence-corrected chi connectivity index (χ0v) is 18.1. The van der Waals surface area contributed by atoms with Crippen LogP contribution in [0.3, 0.4) is 0 Å². The smallest absolute Gasteiger partial charge is 0.257 e. The number of anilines is 2. The first kappa shape index (κ1) is 20.1. The molecule has 0 saturated heterocycles. The number of hydrogen-bond acceptors (Lipinski definition) is 6. The minimum absolute atomic E-state index is 0.0345. The quantitative estimate of drug-likeness (QED) is 0.455. The van der Waals surface area contributed by atoms with Crippen LogP contribution < -0.4 is 10.6 Å². The van der Waals surface area contributed by atoms with Crippen LogP contribution in [0.15, 0.2) is 55.1 Å². The number of nitrogens with zero attached hydrogens (tertiary/aromatic N) is 5. The fourth-order valence-corrected chi connectivity index (χ4v) is 3.65. The van der Waals surface area contributed by atoms with Gasteiger partial charge in [-0.3, -0.25) is 14.5 Å². The number of aromatic nitrogens is 5. The molecule has 162 valence electrons. The minimum atomic E-state index is -0.183. The number of fused-ring (bicyclic) bond motifs is 1. The van der Waals surface area contributed by atoms with Gasteiger partial charge in [0.1, 0.15) is 11.3 Å². The van der Waals surface area contributed by atoms with Crippen molar-refractivity contribution >= 4 is 28.6 Å². The standard InChI is InChI=1S/C24H25N7O/c1-15-8-19(11-25-10-15)24(32)28-20-5-3-4-18(9-20)16(2)27-22-12-26-21-14-31(13-17-6-7-17)30-23(21)29-22/h3-5,8-12,14,16-17H,6-7,13H2,1-2H3,(H,28,32)(H,27,29,30)/t16-/m0/s1. The van der Waals surface area contributed by atoms with Crippen LogP contribution in [0.25, 0.3) is 11.2 Å². The first-order valence-electron chi connectivity index (χ1n) is 10.8. The molecule has 1 aromatic carbocycles. The van der Waals surface area contributed by atoms with Crippen molar-refractivity contribution in [3.8, 4) is 0 Å². The maximum Gasteiger partial charge on any atom is 0.257 e. The molecule has 1 fully saturated rings. The highest BCUT2D eigenvalue weighted by Gasteiger charge is 2.22. The van der Waals surface area contributed by atoms with Crippen molar-refractivity contribution in [2.75, 3.05) is 10.6 Å². The minimum Gasteiger partial charge on any atom is -0.362 e. The molecule has 8 nitrogen and oxygen atoms in total. The number of hydrogen-bond donors (Lipinski definition) is 2. The number of nitrogens with one attached hydrogen (secondary N) is 2. The van der Waals surface area contributed by atoms with Gasteiger partial charge in [0.2, 0.25) is 5.65 Å². The second kappa shape index (κ2) is 8.37. The van der Waals surface area contributed by atoms with E-state index in [2.05, 4.69) is 30.7 Å². The van der Waals surface area contributed by atoms with Gasteiger partial charge in [-0.05, 0) is 61.9 Å². The van der Waals surface area contributed by atoms with Crippen LogP contribution in [0.1, 0.15) is 47.3 Å². The molecule has 3 aromatic heterocycles. The van der Waals surface area contributed by atoms with E-state index in [4.69, 9.17) is 0 Å². The Balaban J connectivity index is 1.28. The highest BCUT2D eigenvalue weighted by atomic mass is 16.1. The fourth-order valence-electron chi connectivity index (χ4n) is 3.65. The Labute approximate surface area is 186 Å². The molecule has 1 amide bonds. The molecule has 0 unspecified atom stereocenters. The van der Waals surface area contributed by atoms with E-state index < -0.39 is 0 Å². The summed E-state index contributed by atoms with van der Waals surface area (Å²) >= 11 is 0. The monoisotopic (exact) mass is 427 g/mol. The molecule has 0 bridgehead atoms. The van der Waals surface area contributed by atoms with E-state index >= 15 is 0 Å². The molecule has 1 saturated carbocycles. The van der Waals surface area contributed by atoms with Gasteiger partial charge in [0.15, 0.2) is 0 Å². The third-order valence-corrected chi connectivity index (χ3v) is 5.56. The van der Waals surface area contributed by atoms with E-state index in [0.717, 1.165) is 34.8 Å². The molecule has 0 spiro atoms. The molecule has 4 aromatic rings. The summed E-state index contributed by atoms with van der Waals surface area (Å²) in [5.74, 6) is 1.23. The molecule has 1 aliphatic carbocycles. The van der Waals surface area contributed by atoms with Crippen molar-refractivity contribution < 1.29 is 4.79 Å². The van der Waals surface area contributed by atoms with E-state index in [1.165, 1.54) is 12.8 Å². The average Bonchev–Trinajstić information content (AvgIpc) is 3.50. The Morgan fingerprint density at radius 2 is 2.09 bits per heavy atom. The topological polar surface area (TPSA) is 97.6 Å². The molecule has 2 N–H and O–H groups in total. The summed E-state index contributed by atoms with van der Waals surface area (Å²) in [5.41, 5.74) is 4.68. The van der Waals surface area contributed by atoms with Gasteiger partial charge in [-0.2, -0.15) is 5.10 Å². The van der Waals surface area contributed by atoms with Gasteiger partial charge >= 0.3 is 0 Å². The van der Waals surface area contributed by atoms with Gasteiger partial charge in [-0.25, -0.2) is 9.97 Å². The van der Waals surface area contributed by atoms with E-state index in [-0.39, 0.29) is 11.9 Å². The van der Waals surface area contributed by atoms with Crippen molar-refractivity contribution in [3.05, 3.63) is 71.8 Å². The van der Waals surface area contributed by atoms with Gasteiger partial charge in [-0.1, -0.05) is 12.1 Å². The van der Waals surface area contributed by atoms with E-state index in [0.29, 0.717) is 17.0 Å². The highest BCUT2D eigenvalue weighted by Crippen LogP contribution is 2.30. The Kier molecular flexibility index (Phi) is 5.26. The van der Waals surface area contributed by atoms with Gasteiger partial charge in [0.25, 0.3) is 5.91 Å². The van der Waals surface area contributed by atoms with Gasteiger partial charge in [-0.15, -0.1) is 0 Å². The first-order valence-corrected chi connectivity index (χ1v) is 10.8. The SMILES string of the molecule is Cc1cncc(C(=O)Nc2cccc([C@H](C)Nc3cnc4cn(CC5CC5)nc4n3)c2)c1. The second-order valence-electron chi connectivity index (χ2n) is 8.46. The van der Waals surface area contributed by atoms with E-state index in [1.54, 1.807) is 18.6 Å². The second-order valence-corrected chi connectivity index (χ2v) is 8.46. The summed E-state index contributed by atoms with van der Waals surface area (Å²) in [6.45, 7) is 4.90. The van der Waals surface area contributed by atoms with Crippen molar-refractivity contribution in [1.82, 2.24) is 24.7 Å². The zero-order chi connectivity index (χ0) is 22.1. The Morgan fingerprint density at radius 1 is 1.22 bits per heavy atom. The van der Waals surface area contributed by atoms with Crippen LogP contribution in [0.2, 0.25) is 0 Å². The molecule has 0 radical (unpaired) electrons. The van der Waals surface area contributed by atoms with Crippen LogP contribution in [-0.4, -0.2) is 30.6 Å². The predicted molar refractivity (Wildman–Crippen MR) is 123 cm³/mol. The number of pyridine rings is 1. The number of carbonyl (C=O) groups excluding carboxylic acids is 1. The summed E-state index contributed by atoms with van der Waals surface area (Å²) in [7, 11) is 0. The summed E-state index contributed by atoms with van der Waals surface area (Å²) in [4.78, 5) is 25.8. The van der Waals surface area contributed by atoms with E-state index in [9.17, 15) is 4.79 Å². The van der Waals surface area contributed by atoms with Crippen molar-refractivity contribution in [3.63, 3.8) is 0 Å². The van der Waals surface area contributed by atoms with Gasteiger partial charge in [0.05, 0.1) is 24.0 Å². The molecule has 5 rings (SSSR count). The maximum atomic E-state index is 12.5. The Bertz CT molecular complexity index is 1280. The van der Waals surface area contributed by atoms with E-state index in [1.807, 2.05) is 55.1 Å². The van der Waals surface area contributed by atoms with Crippen LogP contribution in [0, 0.1) is 12.8 Å². The molecular weight excluding hydrogens is 402 g/mol. The molecule has 32 heavy (non-hydrogen) atoms. The summed E-state index contributed by atoms with van der Waals surface area (Å²) in [6.07, 6.45) is 9.55. The normalized spacial score (nSPS) is 14.3. The lowest BCUT2D eigenvalue weighted by Crippen LogP contribution is -2.13. The highest BCUT2D eigenvalue weighted by molar-refractivity contribution is 6.04. The maximum absolute atomic E-state index is 12.5. The lowest BCUT2D eigenvalue weighted by molar-refractivity contribution is 0.102. The van der Waals surface area contributed by atoms with Crippen molar-refractivity contribution in [2.45, 2.75) is 39.3 Å². The third-order valence-electron chi connectivity index (χ3n) is 5.56. The third kappa shape index (κ3) is 4.59. The molecule has 0 aliphatic heterocycles. The molecule has 8 heteroatoms. The first-order chi connectivity index (χ1) is 15.5. The number of rotatable bonds is 7. The molecule has 1 atom stereocenters. The molecular formula is C24H25N7O. The van der Waals surface area contributed by atoms with Crippen LogP contribution in [0.4, 0.5) is 11.5 Å². The molecule has 3 heterocycles. The van der Waals surface area contributed by atoms with Gasteiger partial charge < -0.3 is 10.6 Å². The molecule has 1 aliphatic rings. The van der Waals surface area contributed by atoms with Crippen LogP contribution in [-0.2, 0) is 6.54 Å². The lowest BCUT2D eigenvalue weighted by atomic mass is 10.1. The zero-order valence-electron chi connectivity index (χ0n) is 18.1. The summed E-state index contributed by atoms with van der Waals surface area (Å²) < 4.78 is 1.95. The van der Waals surface area contributed by atoms with Crippen LogP contribution >= 0.6 is 0 Å². The number of amides is 1. The van der Waals surface area contributed by atoms with Gasteiger partial charge in [0, 0.05) is 24.6 Å². The average molecular weight is 428 g/mol. The number of benzene rings is 1. The summed E-state index contributed by atoms with van der Waals surface area (Å²) in [5, 5.41) is 10.9. The largest absolute Gasteiger partial charge is 0.362 e. The lowest BCUT2D eigenvalue weighted by Gasteiger charge is -2.16. The fraction of sp³-hybridized carbons (Fsp3) is 0.292. The Morgan fingerprint density at radius 3 is 2.91 bits per heavy atom. The predicted octanol–water partition coefficient (Wildman–Crippen LogP) is 4.37. The summed E-state index contributed by atoms with van der Waals surface area (Å²) in [6, 6.07) is 9.54. The van der Waals surface area contributed by atoms with Crippen molar-refractivity contribution in [1.29, 1.82) is 0 Å². The number of carbonyl (C=O) groups is 1. The Hall–Kier alpha value is -3.81. The van der Waals surface area contributed by atoms with Crippen LogP contribution in [0.5, 0.6) is 0 Å². The van der Waals surface area contributed by atoms with Crippen molar-refractivity contribution in [2.24, 2.45) is 5.92 Å². The number of aryl methyl sites for hydroxylation is 1.